The second-order valence-electron chi connectivity index (χ2n) is 4.11. The third-order valence-electron chi connectivity index (χ3n) is 3.32. The van der Waals surface area contributed by atoms with Crippen molar-refractivity contribution in [3.8, 4) is 0 Å². The predicted octanol–water partition coefficient (Wildman–Crippen LogP) is 3.46. The number of pyridine rings is 1. The Hall–Kier alpha value is -0.900. The second kappa shape index (κ2) is 6.74. The van der Waals surface area contributed by atoms with Gasteiger partial charge in [-0.1, -0.05) is 19.9 Å². The van der Waals surface area contributed by atoms with Gasteiger partial charge in [0.05, 0.1) is 0 Å². The maximum absolute atomic E-state index is 4.47. The molecule has 0 aliphatic rings. The zero-order chi connectivity index (χ0) is 12.7. The van der Waals surface area contributed by atoms with E-state index in [1.807, 2.05) is 37.0 Å². The maximum atomic E-state index is 4.47. The van der Waals surface area contributed by atoms with E-state index in [-0.39, 0.29) is 0 Å². The Morgan fingerprint density at radius 1 is 1.24 bits per heavy atom. The van der Waals surface area contributed by atoms with Crippen LogP contribution in [0.4, 0.5) is 11.6 Å². The highest BCUT2D eigenvalue weighted by Crippen LogP contribution is 2.30. The molecule has 1 aromatic rings. The zero-order valence-corrected chi connectivity index (χ0v) is 12.0. The fourth-order valence-electron chi connectivity index (χ4n) is 1.78. The molecule has 0 fully saturated rings. The van der Waals surface area contributed by atoms with Gasteiger partial charge in [-0.25, -0.2) is 4.98 Å². The molecular formula is C13H23N3S. The molecule has 1 heterocycles. The van der Waals surface area contributed by atoms with Gasteiger partial charge in [-0.2, -0.15) is 11.8 Å². The molecule has 4 heteroatoms. The van der Waals surface area contributed by atoms with E-state index in [0.29, 0.717) is 4.75 Å². The molecule has 0 aliphatic carbocycles. The third kappa shape index (κ3) is 3.80. The summed E-state index contributed by atoms with van der Waals surface area (Å²) in [5.41, 5.74) is 0. The fourth-order valence-corrected chi connectivity index (χ4v) is 2.58. The zero-order valence-electron chi connectivity index (χ0n) is 11.2. The summed E-state index contributed by atoms with van der Waals surface area (Å²) < 4.78 is 0.317. The first-order valence-corrected chi connectivity index (χ1v) is 7.36. The van der Waals surface area contributed by atoms with Gasteiger partial charge < -0.3 is 10.6 Å². The van der Waals surface area contributed by atoms with E-state index >= 15 is 0 Å². The monoisotopic (exact) mass is 253 g/mol. The van der Waals surface area contributed by atoms with E-state index in [4.69, 9.17) is 0 Å². The highest BCUT2D eigenvalue weighted by Gasteiger charge is 2.24. The van der Waals surface area contributed by atoms with Gasteiger partial charge in [0.2, 0.25) is 0 Å². The van der Waals surface area contributed by atoms with Crippen LogP contribution in [0.15, 0.2) is 18.2 Å². The van der Waals surface area contributed by atoms with E-state index in [9.17, 15) is 0 Å². The summed E-state index contributed by atoms with van der Waals surface area (Å²) in [5.74, 6) is 1.84. The molecule has 0 amide bonds. The van der Waals surface area contributed by atoms with Crippen molar-refractivity contribution in [3.63, 3.8) is 0 Å². The van der Waals surface area contributed by atoms with Crippen LogP contribution in [-0.4, -0.2) is 29.6 Å². The first kappa shape index (κ1) is 14.2. The first-order valence-electron chi connectivity index (χ1n) is 6.13. The minimum atomic E-state index is 0.317. The van der Waals surface area contributed by atoms with Crippen molar-refractivity contribution in [2.75, 3.05) is 30.5 Å². The van der Waals surface area contributed by atoms with Gasteiger partial charge in [-0.3, -0.25) is 0 Å². The SMILES string of the molecule is CCC(CC)(CNc1cccc(NC)n1)SC. The second-order valence-corrected chi connectivity index (χ2v) is 5.38. The summed E-state index contributed by atoms with van der Waals surface area (Å²) in [6.45, 7) is 5.46. The number of nitrogens with zero attached hydrogens (tertiary/aromatic N) is 1. The number of hydrogen-bond acceptors (Lipinski definition) is 4. The average molecular weight is 253 g/mol. The van der Waals surface area contributed by atoms with Crippen LogP contribution in [0.2, 0.25) is 0 Å². The van der Waals surface area contributed by atoms with Crippen LogP contribution < -0.4 is 10.6 Å². The Kier molecular flexibility index (Phi) is 5.62. The Morgan fingerprint density at radius 2 is 1.88 bits per heavy atom. The van der Waals surface area contributed by atoms with Gasteiger partial charge in [0.1, 0.15) is 11.6 Å². The Morgan fingerprint density at radius 3 is 2.41 bits per heavy atom. The van der Waals surface area contributed by atoms with E-state index in [2.05, 4.69) is 35.7 Å². The first-order chi connectivity index (χ1) is 8.19. The molecule has 0 unspecified atom stereocenters. The molecule has 0 aliphatic heterocycles. The molecule has 96 valence electrons. The van der Waals surface area contributed by atoms with Crippen LogP contribution >= 0.6 is 11.8 Å². The quantitative estimate of drug-likeness (QED) is 0.780. The number of rotatable bonds is 7. The average Bonchev–Trinajstić information content (AvgIpc) is 2.41. The van der Waals surface area contributed by atoms with Crippen LogP contribution in [0.1, 0.15) is 26.7 Å². The highest BCUT2D eigenvalue weighted by molar-refractivity contribution is 8.00. The molecule has 0 saturated heterocycles. The van der Waals surface area contributed by atoms with Crippen LogP contribution in [-0.2, 0) is 0 Å². The molecule has 0 radical (unpaired) electrons. The molecule has 0 atom stereocenters. The van der Waals surface area contributed by atoms with Crippen LogP contribution in [0, 0.1) is 0 Å². The number of aromatic nitrogens is 1. The number of anilines is 2. The minimum absolute atomic E-state index is 0.317. The van der Waals surface area contributed by atoms with Crippen LogP contribution in [0.25, 0.3) is 0 Å². The normalized spacial score (nSPS) is 11.3. The van der Waals surface area contributed by atoms with Crippen LogP contribution in [0.3, 0.4) is 0 Å². The van der Waals surface area contributed by atoms with E-state index in [1.165, 1.54) is 12.8 Å². The molecule has 0 bridgehead atoms. The molecule has 0 aromatic carbocycles. The molecule has 3 nitrogen and oxygen atoms in total. The van der Waals surface area contributed by atoms with E-state index < -0.39 is 0 Å². The number of hydrogen-bond donors (Lipinski definition) is 2. The molecule has 0 saturated carbocycles. The molecule has 17 heavy (non-hydrogen) atoms. The summed E-state index contributed by atoms with van der Waals surface area (Å²) >= 11 is 1.94. The topological polar surface area (TPSA) is 37.0 Å². The molecule has 2 N–H and O–H groups in total. The number of thioether (sulfide) groups is 1. The molecule has 0 spiro atoms. The molecule has 1 aromatic heterocycles. The van der Waals surface area contributed by atoms with Crippen molar-refractivity contribution in [2.24, 2.45) is 0 Å². The summed E-state index contributed by atoms with van der Waals surface area (Å²) in [6, 6.07) is 5.99. The lowest BCUT2D eigenvalue weighted by molar-refractivity contribution is 0.574. The Bertz CT molecular complexity index is 329. The smallest absolute Gasteiger partial charge is 0.128 e. The highest BCUT2D eigenvalue weighted by atomic mass is 32.2. The van der Waals surface area contributed by atoms with Gasteiger partial charge in [-0.15, -0.1) is 0 Å². The van der Waals surface area contributed by atoms with Crippen molar-refractivity contribution < 1.29 is 0 Å². The number of nitrogens with one attached hydrogen (secondary N) is 2. The van der Waals surface area contributed by atoms with Gasteiger partial charge in [0.25, 0.3) is 0 Å². The van der Waals surface area contributed by atoms with Crippen molar-refractivity contribution in [3.05, 3.63) is 18.2 Å². The van der Waals surface area contributed by atoms with Crippen LogP contribution in [0.5, 0.6) is 0 Å². The van der Waals surface area contributed by atoms with Gasteiger partial charge in [-0.05, 0) is 31.2 Å². The molecular weight excluding hydrogens is 230 g/mol. The minimum Gasteiger partial charge on any atom is -0.373 e. The van der Waals surface area contributed by atoms with Crippen molar-refractivity contribution in [1.29, 1.82) is 0 Å². The van der Waals surface area contributed by atoms with Gasteiger partial charge in [0.15, 0.2) is 0 Å². The lowest BCUT2D eigenvalue weighted by Crippen LogP contribution is -2.32. The fraction of sp³-hybridized carbons (Fsp3) is 0.615. The van der Waals surface area contributed by atoms with E-state index in [1.54, 1.807) is 0 Å². The lowest BCUT2D eigenvalue weighted by atomic mass is 10.0. The summed E-state index contributed by atoms with van der Waals surface area (Å²) in [5, 5.41) is 6.49. The largest absolute Gasteiger partial charge is 0.373 e. The summed E-state index contributed by atoms with van der Waals surface area (Å²) in [7, 11) is 1.89. The van der Waals surface area contributed by atoms with Crippen molar-refractivity contribution in [2.45, 2.75) is 31.4 Å². The Labute approximate surface area is 109 Å². The Balaban J connectivity index is 2.65. The van der Waals surface area contributed by atoms with Crippen molar-refractivity contribution in [1.82, 2.24) is 4.98 Å². The lowest BCUT2D eigenvalue weighted by Gasteiger charge is -2.30. The van der Waals surface area contributed by atoms with Gasteiger partial charge in [0, 0.05) is 18.3 Å². The van der Waals surface area contributed by atoms with Crippen molar-refractivity contribution >= 4 is 23.4 Å². The maximum Gasteiger partial charge on any atom is 0.128 e. The molecule has 1 rings (SSSR count). The van der Waals surface area contributed by atoms with Gasteiger partial charge >= 0.3 is 0 Å². The summed E-state index contributed by atoms with van der Waals surface area (Å²) in [4.78, 5) is 4.47. The third-order valence-corrected chi connectivity index (χ3v) is 4.91. The summed E-state index contributed by atoms with van der Waals surface area (Å²) in [6.07, 6.45) is 4.53. The standard InChI is InChI=1S/C13H23N3S/c1-5-13(6-2,17-4)10-15-12-9-7-8-11(14-3)16-12/h7-9H,5-6,10H2,1-4H3,(H2,14,15,16). The predicted molar refractivity (Wildman–Crippen MR) is 79.1 cm³/mol. The van der Waals surface area contributed by atoms with E-state index in [0.717, 1.165) is 18.2 Å².